The highest BCUT2D eigenvalue weighted by Crippen LogP contribution is 2.17. The van der Waals surface area contributed by atoms with E-state index < -0.39 is 0 Å². The van der Waals surface area contributed by atoms with Gasteiger partial charge in [-0.3, -0.25) is 4.68 Å². The number of amides is 2. The van der Waals surface area contributed by atoms with Gasteiger partial charge in [-0.25, -0.2) is 4.79 Å². The van der Waals surface area contributed by atoms with Crippen molar-refractivity contribution in [3.8, 4) is 5.75 Å². The lowest BCUT2D eigenvalue weighted by molar-refractivity contribution is 0.104. The van der Waals surface area contributed by atoms with Gasteiger partial charge in [0.15, 0.2) is 0 Å². The first kappa shape index (κ1) is 19.5. The van der Waals surface area contributed by atoms with E-state index in [4.69, 9.17) is 13.9 Å². The normalized spacial score (nSPS) is 10.6. The second kappa shape index (κ2) is 10.8. The zero-order chi connectivity index (χ0) is 19.4. The smallest absolute Gasteiger partial charge is 0.319 e. The van der Waals surface area contributed by atoms with Crippen LogP contribution in [0.3, 0.4) is 0 Å². The molecule has 0 atom stereocenters. The molecule has 3 aromatic rings. The highest BCUT2D eigenvalue weighted by Gasteiger charge is 2.03. The number of hydrogen-bond donors (Lipinski definition) is 2. The number of rotatable bonds is 11. The molecule has 2 amide bonds. The molecule has 0 aliphatic rings. The monoisotopic (exact) mass is 384 g/mol. The molecule has 0 unspecified atom stereocenters. The van der Waals surface area contributed by atoms with E-state index >= 15 is 0 Å². The van der Waals surface area contributed by atoms with Gasteiger partial charge in [0.1, 0.15) is 24.7 Å². The van der Waals surface area contributed by atoms with Crippen molar-refractivity contribution in [3.05, 3.63) is 66.9 Å². The number of hydrogen-bond acceptors (Lipinski definition) is 5. The fourth-order valence-corrected chi connectivity index (χ4v) is 2.47. The summed E-state index contributed by atoms with van der Waals surface area (Å²) in [5.41, 5.74) is 0.670. The minimum absolute atomic E-state index is 0.264. The first-order valence-electron chi connectivity index (χ1n) is 9.15. The van der Waals surface area contributed by atoms with E-state index in [0.29, 0.717) is 50.8 Å². The molecule has 2 heterocycles. The van der Waals surface area contributed by atoms with Crippen molar-refractivity contribution in [3.63, 3.8) is 0 Å². The second-order valence-electron chi connectivity index (χ2n) is 6.01. The molecule has 0 spiro atoms. The molecule has 0 fully saturated rings. The molecule has 0 radical (unpaired) electrons. The number of anilines is 1. The van der Waals surface area contributed by atoms with Gasteiger partial charge in [0.25, 0.3) is 0 Å². The van der Waals surface area contributed by atoms with Crippen LogP contribution in [-0.4, -0.2) is 35.6 Å². The molecule has 8 heteroatoms. The lowest BCUT2D eigenvalue weighted by Gasteiger charge is -2.10. The van der Waals surface area contributed by atoms with Crippen molar-refractivity contribution in [2.24, 2.45) is 0 Å². The summed E-state index contributed by atoms with van der Waals surface area (Å²) >= 11 is 0. The molecule has 148 valence electrons. The van der Waals surface area contributed by atoms with E-state index in [2.05, 4.69) is 15.7 Å². The van der Waals surface area contributed by atoms with Crippen LogP contribution in [0.25, 0.3) is 0 Å². The average Bonchev–Trinajstić information content (AvgIpc) is 3.39. The number of furan rings is 1. The van der Waals surface area contributed by atoms with Gasteiger partial charge in [0.05, 0.1) is 12.8 Å². The predicted molar refractivity (Wildman–Crippen MR) is 104 cm³/mol. The zero-order valence-electron chi connectivity index (χ0n) is 15.5. The first-order chi connectivity index (χ1) is 13.8. The van der Waals surface area contributed by atoms with Gasteiger partial charge in [-0.1, -0.05) is 6.07 Å². The van der Waals surface area contributed by atoms with Gasteiger partial charge in [-0.2, -0.15) is 5.10 Å². The molecule has 28 heavy (non-hydrogen) atoms. The number of aromatic nitrogens is 2. The van der Waals surface area contributed by atoms with E-state index in [1.807, 2.05) is 42.6 Å². The van der Waals surface area contributed by atoms with Crippen LogP contribution in [0.5, 0.6) is 5.75 Å². The van der Waals surface area contributed by atoms with Crippen LogP contribution in [0.15, 0.2) is 65.5 Å². The number of nitrogens with zero attached hydrogens (tertiary/aromatic N) is 2. The second-order valence-corrected chi connectivity index (χ2v) is 6.01. The Hall–Kier alpha value is -3.26. The summed E-state index contributed by atoms with van der Waals surface area (Å²) in [6, 6.07) is 12.6. The number of ether oxygens (including phenoxy) is 2. The number of nitrogens with one attached hydrogen (secondary N) is 2. The van der Waals surface area contributed by atoms with Gasteiger partial charge in [0, 0.05) is 37.3 Å². The summed E-state index contributed by atoms with van der Waals surface area (Å²) in [5, 5.41) is 9.72. The third kappa shape index (κ3) is 6.81. The maximum absolute atomic E-state index is 12.0. The first-order valence-corrected chi connectivity index (χ1v) is 9.15. The van der Waals surface area contributed by atoms with Crippen LogP contribution < -0.4 is 15.4 Å². The highest BCUT2D eigenvalue weighted by molar-refractivity contribution is 5.89. The van der Waals surface area contributed by atoms with E-state index in [0.717, 1.165) is 5.76 Å². The third-order valence-electron chi connectivity index (χ3n) is 3.82. The van der Waals surface area contributed by atoms with Crippen molar-refractivity contribution < 1.29 is 18.7 Å². The lowest BCUT2D eigenvalue weighted by atomic mass is 10.3. The molecule has 0 aliphatic carbocycles. The Labute approximate surface area is 163 Å². The molecule has 8 nitrogen and oxygen atoms in total. The third-order valence-corrected chi connectivity index (χ3v) is 3.82. The van der Waals surface area contributed by atoms with Crippen LogP contribution >= 0.6 is 0 Å². The summed E-state index contributed by atoms with van der Waals surface area (Å²) < 4.78 is 18.1. The fraction of sp³-hybridized carbons (Fsp3) is 0.300. The van der Waals surface area contributed by atoms with Crippen LogP contribution in [0, 0.1) is 0 Å². The molecular formula is C20H24N4O4. The minimum atomic E-state index is -0.264. The molecule has 0 saturated heterocycles. The molecule has 2 N–H and O–H groups in total. The van der Waals surface area contributed by atoms with Crippen LogP contribution in [0.4, 0.5) is 10.5 Å². The van der Waals surface area contributed by atoms with E-state index in [9.17, 15) is 4.79 Å². The Morgan fingerprint density at radius 1 is 1.18 bits per heavy atom. The Bertz CT molecular complexity index is 819. The highest BCUT2D eigenvalue weighted by atomic mass is 16.5. The quantitative estimate of drug-likeness (QED) is 0.495. The number of carbonyl (C=O) groups is 1. The minimum Gasteiger partial charge on any atom is -0.492 e. The Morgan fingerprint density at radius 2 is 2.14 bits per heavy atom. The summed E-state index contributed by atoms with van der Waals surface area (Å²) in [5.74, 6) is 1.48. The van der Waals surface area contributed by atoms with E-state index in [-0.39, 0.29) is 6.03 Å². The summed E-state index contributed by atoms with van der Waals surface area (Å²) in [6.45, 7) is 2.65. The van der Waals surface area contributed by atoms with Gasteiger partial charge >= 0.3 is 6.03 Å². The van der Waals surface area contributed by atoms with Gasteiger partial charge in [-0.15, -0.1) is 0 Å². The fourth-order valence-electron chi connectivity index (χ4n) is 2.47. The summed E-state index contributed by atoms with van der Waals surface area (Å²) in [6.07, 6.45) is 5.94. The standard InChI is InChI=1S/C20H24N4O4/c25-20(21-8-4-12-26-16-19-7-2-13-27-19)23-17-5-1-6-18(15-17)28-14-11-24-10-3-9-22-24/h1-3,5-7,9-10,13,15H,4,8,11-12,14,16H2,(H2,21,23,25). The SMILES string of the molecule is O=C(NCCCOCc1ccco1)Nc1cccc(OCCn2cccn2)c1. The molecule has 0 saturated carbocycles. The predicted octanol–water partition coefficient (Wildman–Crippen LogP) is 3.28. The maximum Gasteiger partial charge on any atom is 0.319 e. The van der Waals surface area contributed by atoms with Gasteiger partial charge in [-0.05, 0) is 36.8 Å². The Balaban J connectivity index is 1.30. The van der Waals surface area contributed by atoms with Crippen molar-refractivity contribution in [1.82, 2.24) is 15.1 Å². The number of carbonyl (C=O) groups excluding carboxylic acids is 1. The van der Waals surface area contributed by atoms with E-state index in [1.165, 1.54) is 0 Å². The van der Waals surface area contributed by atoms with Crippen LogP contribution in [0.2, 0.25) is 0 Å². The Morgan fingerprint density at radius 3 is 2.96 bits per heavy atom. The lowest BCUT2D eigenvalue weighted by Crippen LogP contribution is -2.30. The van der Waals surface area contributed by atoms with Crippen LogP contribution in [0.1, 0.15) is 12.2 Å². The van der Waals surface area contributed by atoms with Crippen molar-refractivity contribution >= 4 is 11.7 Å². The zero-order valence-corrected chi connectivity index (χ0v) is 15.5. The van der Waals surface area contributed by atoms with Gasteiger partial charge in [0.2, 0.25) is 0 Å². The van der Waals surface area contributed by atoms with Crippen molar-refractivity contribution in [1.29, 1.82) is 0 Å². The maximum atomic E-state index is 12.0. The molecule has 3 rings (SSSR count). The summed E-state index contributed by atoms with van der Waals surface area (Å²) in [7, 11) is 0. The largest absolute Gasteiger partial charge is 0.492 e. The molecular weight excluding hydrogens is 360 g/mol. The molecule has 2 aromatic heterocycles. The van der Waals surface area contributed by atoms with Crippen molar-refractivity contribution in [2.75, 3.05) is 25.1 Å². The number of urea groups is 1. The van der Waals surface area contributed by atoms with Crippen molar-refractivity contribution in [2.45, 2.75) is 19.6 Å². The average molecular weight is 384 g/mol. The topological polar surface area (TPSA) is 90.5 Å². The Kier molecular flexibility index (Phi) is 7.51. The molecule has 1 aromatic carbocycles. The van der Waals surface area contributed by atoms with Gasteiger partial charge < -0.3 is 24.5 Å². The number of benzene rings is 1. The molecule has 0 aliphatic heterocycles. The summed E-state index contributed by atoms with van der Waals surface area (Å²) in [4.78, 5) is 12.0. The van der Waals surface area contributed by atoms with Crippen LogP contribution in [-0.2, 0) is 17.9 Å². The van der Waals surface area contributed by atoms with E-state index in [1.54, 1.807) is 23.2 Å². The molecule has 0 bridgehead atoms.